The van der Waals surface area contributed by atoms with E-state index in [4.69, 9.17) is 5.73 Å². The minimum absolute atomic E-state index is 0.778. The van der Waals surface area contributed by atoms with Crippen LogP contribution in [0.25, 0.3) is 10.2 Å². The van der Waals surface area contributed by atoms with E-state index in [0.29, 0.717) is 0 Å². The maximum atomic E-state index is 5.76. The Morgan fingerprint density at radius 3 is 3.16 bits per heavy atom. The van der Waals surface area contributed by atoms with Crippen LogP contribution in [0.1, 0.15) is 12.2 Å². The van der Waals surface area contributed by atoms with Crippen LogP contribution in [0.4, 0.5) is 10.8 Å². The molecular formula is C13H15N5S. The third-order valence-corrected chi connectivity index (χ3v) is 3.81. The number of thiazole rings is 1. The zero-order valence-electron chi connectivity index (χ0n) is 10.4. The minimum atomic E-state index is 0.778. The number of aryl methyl sites for hydroxylation is 1. The van der Waals surface area contributed by atoms with Gasteiger partial charge in [0.05, 0.1) is 10.2 Å². The molecule has 3 rings (SSSR count). The van der Waals surface area contributed by atoms with Gasteiger partial charge in [-0.2, -0.15) is 0 Å². The van der Waals surface area contributed by atoms with Crippen LogP contribution in [0.2, 0.25) is 0 Å². The Morgan fingerprint density at radius 1 is 1.37 bits per heavy atom. The molecule has 98 valence electrons. The molecule has 0 aliphatic carbocycles. The summed E-state index contributed by atoms with van der Waals surface area (Å²) in [6, 6.07) is 5.79. The van der Waals surface area contributed by atoms with Gasteiger partial charge in [-0.1, -0.05) is 11.3 Å². The van der Waals surface area contributed by atoms with E-state index in [1.165, 1.54) is 0 Å². The fourth-order valence-corrected chi connectivity index (χ4v) is 2.84. The molecule has 0 saturated carbocycles. The number of imidazole rings is 1. The van der Waals surface area contributed by atoms with E-state index >= 15 is 0 Å². The van der Waals surface area contributed by atoms with Gasteiger partial charge in [0.25, 0.3) is 0 Å². The molecule has 3 aromatic rings. The van der Waals surface area contributed by atoms with Gasteiger partial charge in [-0.05, 0) is 24.6 Å². The molecule has 2 heterocycles. The summed E-state index contributed by atoms with van der Waals surface area (Å²) in [5.41, 5.74) is 7.53. The smallest absolute Gasteiger partial charge is 0.183 e. The van der Waals surface area contributed by atoms with Crippen LogP contribution in [-0.4, -0.2) is 21.5 Å². The summed E-state index contributed by atoms with van der Waals surface area (Å²) in [6.07, 6.45) is 5.59. The Hall–Kier alpha value is -2.08. The molecule has 0 aliphatic rings. The zero-order chi connectivity index (χ0) is 13.1. The zero-order valence-corrected chi connectivity index (χ0v) is 11.2. The number of anilines is 2. The highest BCUT2D eigenvalue weighted by atomic mass is 32.1. The van der Waals surface area contributed by atoms with E-state index in [9.17, 15) is 0 Å². The number of hydrogen-bond donors (Lipinski definition) is 3. The third-order valence-electron chi connectivity index (χ3n) is 2.83. The molecule has 5 nitrogen and oxygen atoms in total. The molecule has 0 radical (unpaired) electrons. The van der Waals surface area contributed by atoms with Crippen LogP contribution in [0.3, 0.4) is 0 Å². The van der Waals surface area contributed by atoms with Crippen molar-refractivity contribution in [1.82, 2.24) is 15.0 Å². The van der Waals surface area contributed by atoms with E-state index in [1.807, 2.05) is 24.4 Å². The van der Waals surface area contributed by atoms with Gasteiger partial charge in [0, 0.05) is 31.0 Å². The first-order chi connectivity index (χ1) is 9.31. The fourth-order valence-electron chi connectivity index (χ4n) is 1.90. The molecule has 19 heavy (non-hydrogen) atoms. The monoisotopic (exact) mass is 273 g/mol. The normalized spacial score (nSPS) is 10.9. The number of nitrogens with one attached hydrogen (secondary N) is 2. The molecular weight excluding hydrogens is 258 g/mol. The van der Waals surface area contributed by atoms with E-state index in [0.717, 1.165) is 46.2 Å². The topological polar surface area (TPSA) is 79.6 Å². The molecule has 0 atom stereocenters. The van der Waals surface area contributed by atoms with Crippen molar-refractivity contribution in [3.63, 3.8) is 0 Å². The molecule has 6 heteroatoms. The fraction of sp³-hybridized carbons (Fsp3) is 0.231. The summed E-state index contributed by atoms with van der Waals surface area (Å²) in [4.78, 5) is 11.8. The van der Waals surface area contributed by atoms with Crippen molar-refractivity contribution in [3.05, 3.63) is 36.4 Å². The summed E-state index contributed by atoms with van der Waals surface area (Å²) < 4.78 is 1.12. The second-order valence-electron chi connectivity index (χ2n) is 4.31. The van der Waals surface area contributed by atoms with Crippen LogP contribution in [0.5, 0.6) is 0 Å². The largest absolute Gasteiger partial charge is 0.399 e. The quantitative estimate of drug-likeness (QED) is 0.493. The second kappa shape index (κ2) is 5.27. The number of nitrogens with zero attached hydrogens (tertiary/aromatic N) is 2. The number of hydrogen-bond acceptors (Lipinski definition) is 5. The molecule has 1 aromatic carbocycles. The number of fused-ring (bicyclic) bond motifs is 1. The van der Waals surface area contributed by atoms with Crippen molar-refractivity contribution in [1.29, 1.82) is 0 Å². The highest BCUT2D eigenvalue weighted by Gasteiger charge is 2.03. The first kappa shape index (κ1) is 12.0. The highest BCUT2D eigenvalue weighted by Crippen LogP contribution is 2.27. The predicted octanol–water partition coefficient (Wildman–Crippen LogP) is 2.65. The van der Waals surface area contributed by atoms with E-state index < -0.39 is 0 Å². The number of nitrogen functional groups attached to an aromatic ring is 1. The Balaban J connectivity index is 1.56. The first-order valence-electron chi connectivity index (χ1n) is 6.19. The number of benzene rings is 1. The maximum Gasteiger partial charge on any atom is 0.183 e. The van der Waals surface area contributed by atoms with Crippen LogP contribution in [0.15, 0.2) is 30.6 Å². The van der Waals surface area contributed by atoms with Gasteiger partial charge in [0.1, 0.15) is 5.82 Å². The molecule has 0 unspecified atom stereocenters. The van der Waals surface area contributed by atoms with Crippen molar-refractivity contribution in [3.8, 4) is 0 Å². The van der Waals surface area contributed by atoms with Gasteiger partial charge in [0.15, 0.2) is 5.13 Å². The van der Waals surface area contributed by atoms with Gasteiger partial charge in [0.2, 0.25) is 0 Å². The molecule has 2 aromatic heterocycles. The van der Waals surface area contributed by atoms with Crippen molar-refractivity contribution in [2.75, 3.05) is 17.6 Å². The van der Waals surface area contributed by atoms with Gasteiger partial charge in [-0.25, -0.2) is 9.97 Å². The minimum Gasteiger partial charge on any atom is -0.399 e. The van der Waals surface area contributed by atoms with Crippen molar-refractivity contribution in [2.45, 2.75) is 12.8 Å². The van der Waals surface area contributed by atoms with Crippen molar-refractivity contribution >= 4 is 32.4 Å². The van der Waals surface area contributed by atoms with Gasteiger partial charge >= 0.3 is 0 Å². The van der Waals surface area contributed by atoms with E-state index in [1.54, 1.807) is 17.5 Å². The third kappa shape index (κ3) is 2.85. The average Bonchev–Trinajstić information content (AvgIpc) is 3.02. The lowest BCUT2D eigenvalue weighted by Crippen LogP contribution is -2.03. The Bertz CT molecular complexity index is 659. The number of aromatic nitrogens is 3. The number of rotatable bonds is 5. The molecule has 0 amide bonds. The molecule has 0 saturated heterocycles. The molecule has 0 aliphatic heterocycles. The summed E-state index contributed by atoms with van der Waals surface area (Å²) in [7, 11) is 0. The maximum absolute atomic E-state index is 5.76. The molecule has 0 fully saturated rings. The standard InChI is InChI=1S/C13H15N5S/c14-9-3-4-10-11(8-9)19-13(18-10)17-5-1-2-12-15-6-7-16-12/h3-4,6-8H,1-2,5,14H2,(H,15,16)(H,17,18). The Kier molecular flexibility index (Phi) is 3.33. The van der Waals surface area contributed by atoms with E-state index in [2.05, 4.69) is 20.3 Å². The summed E-state index contributed by atoms with van der Waals surface area (Å²) in [6.45, 7) is 0.885. The lowest BCUT2D eigenvalue weighted by molar-refractivity contribution is 0.816. The number of nitrogens with two attached hydrogens (primary N) is 1. The summed E-state index contributed by atoms with van der Waals surface area (Å²) in [5.74, 6) is 1.03. The SMILES string of the molecule is Nc1ccc2nc(NCCCc3ncc[nH]3)sc2c1. The second-order valence-corrected chi connectivity index (χ2v) is 5.34. The van der Waals surface area contributed by atoms with Crippen LogP contribution in [-0.2, 0) is 6.42 Å². The molecule has 4 N–H and O–H groups in total. The van der Waals surface area contributed by atoms with Crippen molar-refractivity contribution < 1.29 is 0 Å². The lowest BCUT2D eigenvalue weighted by Gasteiger charge is -2.00. The van der Waals surface area contributed by atoms with Gasteiger partial charge < -0.3 is 16.0 Å². The van der Waals surface area contributed by atoms with Crippen LogP contribution >= 0.6 is 11.3 Å². The lowest BCUT2D eigenvalue weighted by atomic mass is 10.3. The molecule has 0 spiro atoms. The number of aromatic amines is 1. The summed E-state index contributed by atoms with van der Waals surface area (Å²) in [5, 5.41) is 4.29. The first-order valence-corrected chi connectivity index (χ1v) is 7.01. The highest BCUT2D eigenvalue weighted by molar-refractivity contribution is 7.22. The molecule has 0 bridgehead atoms. The van der Waals surface area contributed by atoms with Crippen LogP contribution in [0, 0.1) is 0 Å². The Morgan fingerprint density at radius 2 is 2.32 bits per heavy atom. The van der Waals surface area contributed by atoms with Gasteiger partial charge in [-0.3, -0.25) is 0 Å². The van der Waals surface area contributed by atoms with E-state index in [-0.39, 0.29) is 0 Å². The predicted molar refractivity (Wildman–Crippen MR) is 79.4 cm³/mol. The Labute approximate surface area is 114 Å². The van der Waals surface area contributed by atoms with Crippen molar-refractivity contribution in [2.24, 2.45) is 0 Å². The number of H-pyrrole nitrogens is 1. The summed E-state index contributed by atoms with van der Waals surface area (Å²) >= 11 is 1.63. The average molecular weight is 273 g/mol. The van der Waals surface area contributed by atoms with Gasteiger partial charge in [-0.15, -0.1) is 0 Å². The van der Waals surface area contributed by atoms with Crippen LogP contribution < -0.4 is 11.1 Å².